The van der Waals surface area contributed by atoms with Crippen LogP contribution < -0.4 is 0 Å². The first-order chi connectivity index (χ1) is 7.22. The third-order valence-corrected chi connectivity index (χ3v) is 2.04. The Labute approximate surface area is 90.2 Å². The topological polar surface area (TPSA) is 51.0 Å². The molecule has 1 aromatic rings. The van der Waals surface area contributed by atoms with Gasteiger partial charge in [0.05, 0.1) is 5.69 Å². The highest BCUT2D eigenvalue weighted by molar-refractivity contribution is 5.38. The van der Waals surface area contributed by atoms with Crippen molar-refractivity contribution in [2.75, 3.05) is 7.05 Å². The lowest BCUT2D eigenvalue weighted by Gasteiger charge is -2.13. The molecule has 4 heteroatoms. The van der Waals surface area contributed by atoms with Crippen molar-refractivity contribution in [2.24, 2.45) is 10.3 Å². The monoisotopic (exact) mass is 206 g/mol. The van der Waals surface area contributed by atoms with Crippen molar-refractivity contribution in [3.05, 3.63) is 35.0 Å². The van der Waals surface area contributed by atoms with E-state index in [1.54, 1.807) is 0 Å². The average Bonchev–Trinajstić information content (AvgIpc) is 2.25. The molecule has 0 aliphatic carbocycles. The maximum absolute atomic E-state index is 10.5. The summed E-state index contributed by atoms with van der Waals surface area (Å²) in [6.07, 6.45) is 3.49. The van der Waals surface area contributed by atoms with Crippen LogP contribution in [0.1, 0.15) is 25.3 Å². The third-order valence-electron chi connectivity index (χ3n) is 2.04. The first-order valence-electron chi connectivity index (χ1n) is 5.14. The standard InChI is InChI=1S/C11H16N3O/c1-3-4-5-10-6-8-11(9-7-10)12-13-14(2)15/h6-9H,3-5H2,1-2H3/q-1. The van der Waals surface area contributed by atoms with Gasteiger partial charge in [-0.3, -0.25) is 0 Å². The van der Waals surface area contributed by atoms with Gasteiger partial charge in [0.15, 0.2) is 0 Å². The molecule has 0 heterocycles. The predicted octanol–water partition coefficient (Wildman–Crippen LogP) is 3.46. The second-order valence-corrected chi connectivity index (χ2v) is 3.42. The molecule has 15 heavy (non-hydrogen) atoms. The van der Waals surface area contributed by atoms with Gasteiger partial charge < -0.3 is 10.4 Å². The highest BCUT2D eigenvalue weighted by Crippen LogP contribution is 2.15. The summed E-state index contributed by atoms with van der Waals surface area (Å²) in [6, 6.07) is 7.79. The van der Waals surface area contributed by atoms with Crippen molar-refractivity contribution in [2.45, 2.75) is 26.2 Å². The molecule has 0 bridgehead atoms. The Morgan fingerprint density at radius 3 is 2.47 bits per heavy atom. The molecule has 0 radical (unpaired) electrons. The van der Waals surface area contributed by atoms with E-state index in [1.807, 2.05) is 24.3 Å². The second-order valence-electron chi connectivity index (χ2n) is 3.42. The molecule has 0 amide bonds. The summed E-state index contributed by atoms with van der Waals surface area (Å²) in [5.41, 5.74) is 2.00. The molecule has 0 saturated carbocycles. The lowest BCUT2D eigenvalue weighted by atomic mass is 10.1. The number of benzene rings is 1. The molecule has 82 valence electrons. The highest BCUT2D eigenvalue weighted by Gasteiger charge is 1.93. The summed E-state index contributed by atoms with van der Waals surface area (Å²) < 4.78 is 0. The number of nitrogens with zero attached hydrogens (tertiary/aromatic N) is 3. The van der Waals surface area contributed by atoms with Crippen LogP contribution in [-0.4, -0.2) is 12.2 Å². The van der Waals surface area contributed by atoms with Gasteiger partial charge >= 0.3 is 0 Å². The van der Waals surface area contributed by atoms with E-state index in [2.05, 4.69) is 17.3 Å². The van der Waals surface area contributed by atoms with Gasteiger partial charge in [-0.2, -0.15) is 0 Å². The second kappa shape index (κ2) is 6.14. The molecule has 0 fully saturated rings. The van der Waals surface area contributed by atoms with Crippen LogP contribution >= 0.6 is 0 Å². The van der Waals surface area contributed by atoms with Gasteiger partial charge in [0.25, 0.3) is 0 Å². The van der Waals surface area contributed by atoms with Gasteiger partial charge in [0, 0.05) is 7.05 Å². The molecule has 1 aromatic carbocycles. The summed E-state index contributed by atoms with van der Waals surface area (Å²) in [6.45, 7) is 2.17. The van der Waals surface area contributed by atoms with Gasteiger partial charge in [-0.25, -0.2) is 0 Å². The minimum absolute atomic E-state index is 0.436. The first kappa shape index (κ1) is 11.7. The van der Waals surface area contributed by atoms with Crippen LogP contribution in [-0.2, 0) is 6.42 Å². The third kappa shape index (κ3) is 4.56. The molecule has 0 aliphatic rings. The molecular formula is C11H16N3O-. The zero-order valence-corrected chi connectivity index (χ0v) is 9.18. The summed E-state index contributed by atoms with van der Waals surface area (Å²) in [4.78, 5) is 0. The van der Waals surface area contributed by atoms with Crippen LogP contribution in [0.2, 0.25) is 0 Å². The fraction of sp³-hybridized carbons (Fsp3) is 0.455. The van der Waals surface area contributed by atoms with Gasteiger partial charge in [0.1, 0.15) is 0 Å². The van der Waals surface area contributed by atoms with E-state index in [0.29, 0.717) is 10.9 Å². The summed E-state index contributed by atoms with van der Waals surface area (Å²) in [5.74, 6) is 0. The maximum Gasteiger partial charge on any atom is 0.0874 e. The fourth-order valence-corrected chi connectivity index (χ4v) is 1.22. The Balaban J connectivity index is 2.56. The summed E-state index contributed by atoms with van der Waals surface area (Å²) >= 11 is 0. The van der Waals surface area contributed by atoms with Crippen molar-refractivity contribution in [1.82, 2.24) is 5.17 Å². The largest absolute Gasteiger partial charge is 0.741 e. The average molecular weight is 206 g/mol. The quantitative estimate of drug-likeness (QED) is 0.547. The van der Waals surface area contributed by atoms with Crippen molar-refractivity contribution >= 4 is 5.69 Å². The van der Waals surface area contributed by atoms with E-state index >= 15 is 0 Å². The number of hydrogen-bond donors (Lipinski definition) is 0. The van der Waals surface area contributed by atoms with Gasteiger partial charge in [-0.05, 0) is 30.5 Å². The molecule has 0 aliphatic heterocycles. The SMILES string of the molecule is CCCCc1ccc(N=NN(C)[O-])cc1. The van der Waals surface area contributed by atoms with E-state index in [9.17, 15) is 5.21 Å². The normalized spacial score (nSPS) is 10.9. The van der Waals surface area contributed by atoms with Crippen LogP contribution in [0.5, 0.6) is 0 Å². The molecule has 1 rings (SSSR count). The Morgan fingerprint density at radius 1 is 1.27 bits per heavy atom. The van der Waals surface area contributed by atoms with E-state index in [1.165, 1.54) is 25.5 Å². The number of aryl methyl sites for hydroxylation is 1. The molecule has 4 nitrogen and oxygen atoms in total. The van der Waals surface area contributed by atoms with Crippen molar-refractivity contribution in [3.8, 4) is 0 Å². The summed E-state index contributed by atoms with van der Waals surface area (Å²) in [5, 5.41) is 18.1. The van der Waals surface area contributed by atoms with E-state index in [0.717, 1.165) is 6.42 Å². The van der Waals surface area contributed by atoms with E-state index in [4.69, 9.17) is 0 Å². The maximum atomic E-state index is 10.5. The molecular weight excluding hydrogens is 190 g/mol. The van der Waals surface area contributed by atoms with E-state index < -0.39 is 0 Å². The Bertz CT molecular complexity index is 306. The number of hydroxylamine groups is 1. The molecule has 0 spiro atoms. The van der Waals surface area contributed by atoms with Crippen LogP contribution in [0, 0.1) is 5.21 Å². The van der Waals surface area contributed by atoms with E-state index in [-0.39, 0.29) is 0 Å². The number of unbranched alkanes of at least 4 members (excludes halogenated alkanes) is 1. The van der Waals surface area contributed by atoms with Crippen molar-refractivity contribution in [1.29, 1.82) is 0 Å². The minimum Gasteiger partial charge on any atom is -0.741 e. The number of rotatable bonds is 5. The van der Waals surface area contributed by atoms with Gasteiger partial charge in [-0.1, -0.05) is 30.7 Å². The molecule has 0 N–H and O–H groups in total. The zero-order chi connectivity index (χ0) is 11.1. The Kier molecular flexibility index (Phi) is 4.77. The van der Waals surface area contributed by atoms with Crippen LogP contribution in [0.4, 0.5) is 5.69 Å². The van der Waals surface area contributed by atoms with Gasteiger partial charge in [0.2, 0.25) is 0 Å². The van der Waals surface area contributed by atoms with Gasteiger partial charge in [-0.15, -0.1) is 5.11 Å². The summed E-state index contributed by atoms with van der Waals surface area (Å²) in [7, 11) is 1.30. The van der Waals surface area contributed by atoms with Crippen LogP contribution in [0.25, 0.3) is 0 Å². The molecule has 0 atom stereocenters. The van der Waals surface area contributed by atoms with Crippen molar-refractivity contribution < 1.29 is 0 Å². The lowest BCUT2D eigenvalue weighted by Crippen LogP contribution is -1.95. The fourth-order valence-electron chi connectivity index (χ4n) is 1.22. The zero-order valence-electron chi connectivity index (χ0n) is 9.18. The molecule has 0 aromatic heterocycles. The van der Waals surface area contributed by atoms with Crippen LogP contribution in [0.15, 0.2) is 34.6 Å². The number of hydrogen-bond acceptors (Lipinski definition) is 3. The minimum atomic E-state index is 0.436. The lowest BCUT2D eigenvalue weighted by molar-refractivity contribution is 0.460. The molecule has 0 unspecified atom stereocenters. The first-order valence-corrected chi connectivity index (χ1v) is 5.14. The highest BCUT2D eigenvalue weighted by atomic mass is 16.5. The Hall–Kier alpha value is -1.42. The molecule has 0 saturated heterocycles. The van der Waals surface area contributed by atoms with Crippen molar-refractivity contribution in [3.63, 3.8) is 0 Å². The van der Waals surface area contributed by atoms with Crippen LogP contribution in [0.3, 0.4) is 0 Å². The predicted molar refractivity (Wildman–Crippen MR) is 60.7 cm³/mol. The smallest absolute Gasteiger partial charge is 0.0874 e. The Morgan fingerprint density at radius 2 is 1.93 bits per heavy atom.